The number of benzene rings is 2. The van der Waals surface area contributed by atoms with Gasteiger partial charge < -0.3 is 10.2 Å². The summed E-state index contributed by atoms with van der Waals surface area (Å²) >= 11 is 1.03. The minimum absolute atomic E-state index is 0.113. The first-order valence-electron chi connectivity index (χ1n) is 10.2. The molecule has 0 saturated heterocycles. The number of hydrogen-bond donors (Lipinski definition) is 2. The Morgan fingerprint density at radius 1 is 1.12 bits per heavy atom. The molecule has 8 nitrogen and oxygen atoms in total. The van der Waals surface area contributed by atoms with E-state index in [1.165, 1.54) is 23.7 Å². The van der Waals surface area contributed by atoms with Crippen molar-refractivity contribution in [2.24, 2.45) is 0 Å². The van der Waals surface area contributed by atoms with Gasteiger partial charge >= 0.3 is 11.9 Å². The third-order valence-electron chi connectivity index (χ3n) is 4.83. The molecule has 2 amide bonds. The molecule has 3 rings (SSSR count). The summed E-state index contributed by atoms with van der Waals surface area (Å²) in [5, 5.41) is 8.82. The van der Waals surface area contributed by atoms with Crippen LogP contribution in [0.3, 0.4) is 0 Å². The standard InChI is InChI=1S/C22H22F3N5O3S/c1-29(13-18(31)26-17-10-6-5-9-16(17)22(23,24)25)19(32)14-34-21-28-27-20(33)30(21)12-11-15-7-3-2-4-8-15/h2-10H,11-14H2,1H3,(H,26,31)(H,27,33). The summed E-state index contributed by atoms with van der Waals surface area (Å²) in [5.41, 5.74) is -0.712. The molecule has 3 aromatic rings. The van der Waals surface area contributed by atoms with Crippen LogP contribution < -0.4 is 11.0 Å². The minimum atomic E-state index is -4.62. The molecular formula is C22H22F3N5O3S. The first-order valence-corrected chi connectivity index (χ1v) is 11.2. The quantitative estimate of drug-likeness (QED) is 0.447. The number of halogens is 3. The third kappa shape index (κ3) is 6.73. The molecule has 0 spiro atoms. The maximum Gasteiger partial charge on any atom is 0.418 e. The largest absolute Gasteiger partial charge is 0.418 e. The van der Waals surface area contributed by atoms with Gasteiger partial charge in [0.1, 0.15) is 0 Å². The van der Waals surface area contributed by atoms with E-state index in [9.17, 15) is 27.6 Å². The number of nitrogens with zero attached hydrogens (tertiary/aromatic N) is 3. The fourth-order valence-corrected chi connectivity index (χ4v) is 3.98. The molecule has 1 heterocycles. The highest BCUT2D eigenvalue weighted by molar-refractivity contribution is 7.99. The molecule has 2 aromatic carbocycles. The van der Waals surface area contributed by atoms with E-state index >= 15 is 0 Å². The summed E-state index contributed by atoms with van der Waals surface area (Å²) in [7, 11) is 1.37. The van der Waals surface area contributed by atoms with Crippen molar-refractivity contribution in [3.05, 3.63) is 76.2 Å². The van der Waals surface area contributed by atoms with Gasteiger partial charge in [-0.25, -0.2) is 9.89 Å². The molecule has 2 N–H and O–H groups in total. The highest BCUT2D eigenvalue weighted by Gasteiger charge is 2.33. The number of hydrogen-bond acceptors (Lipinski definition) is 5. The van der Waals surface area contributed by atoms with Crippen LogP contribution in [0.25, 0.3) is 0 Å². The SMILES string of the molecule is CN(CC(=O)Nc1ccccc1C(F)(F)F)C(=O)CSc1n[nH]c(=O)n1CCc1ccccc1. The van der Waals surface area contributed by atoms with Crippen LogP contribution in [0.5, 0.6) is 0 Å². The second kappa shape index (κ2) is 11.1. The van der Waals surface area contributed by atoms with E-state index in [-0.39, 0.29) is 11.4 Å². The van der Waals surface area contributed by atoms with Gasteiger partial charge in [-0.1, -0.05) is 54.2 Å². The molecule has 34 heavy (non-hydrogen) atoms. The van der Waals surface area contributed by atoms with Gasteiger partial charge in [-0.05, 0) is 24.1 Å². The van der Waals surface area contributed by atoms with Crippen LogP contribution in [-0.4, -0.2) is 50.8 Å². The maximum atomic E-state index is 13.1. The monoisotopic (exact) mass is 493 g/mol. The Morgan fingerprint density at radius 3 is 2.50 bits per heavy atom. The number of anilines is 1. The molecule has 0 aliphatic heterocycles. The van der Waals surface area contributed by atoms with E-state index in [2.05, 4.69) is 15.5 Å². The first-order chi connectivity index (χ1) is 16.1. The fraction of sp³-hybridized carbons (Fsp3) is 0.273. The van der Waals surface area contributed by atoms with Crippen molar-refractivity contribution < 1.29 is 22.8 Å². The highest BCUT2D eigenvalue weighted by Crippen LogP contribution is 2.34. The molecule has 1 aromatic heterocycles. The molecule has 0 saturated carbocycles. The first kappa shape index (κ1) is 25.1. The van der Waals surface area contributed by atoms with Gasteiger partial charge in [0.05, 0.1) is 23.5 Å². The Bertz CT molecular complexity index is 1190. The van der Waals surface area contributed by atoms with Gasteiger partial charge in [0.15, 0.2) is 5.16 Å². The average molecular weight is 494 g/mol. The third-order valence-corrected chi connectivity index (χ3v) is 5.79. The van der Waals surface area contributed by atoms with Crippen molar-refractivity contribution in [2.75, 3.05) is 24.7 Å². The van der Waals surface area contributed by atoms with Crippen LogP contribution in [0, 0.1) is 0 Å². The smallest absolute Gasteiger partial charge is 0.336 e. The number of aromatic nitrogens is 3. The number of carbonyl (C=O) groups is 2. The number of H-pyrrole nitrogens is 1. The number of likely N-dealkylation sites (N-methyl/N-ethyl adjacent to an activating group) is 1. The normalized spacial score (nSPS) is 11.3. The average Bonchev–Trinajstić information content (AvgIpc) is 3.15. The summed E-state index contributed by atoms with van der Waals surface area (Å²) in [5.74, 6) is -1.33. The van der Waals surface area contributed by atoms with Crippen LogP contribution in [0.4, 0.5) is 18.9 Å². The molecule has 0 radical (unpaired) electrons. The molecule has 0 fully saturated rings. The molecule has 0 aliphatic rings. The summed E-state index contributed by atoms with van der Waals surface area (Å²) in [6.45, 7) is -0.0697. The zero-order valence-electron chi connectivity index (χ0n) is 18.1. The Morgan fingerprint density at radius 2 is 1.79 bits per heavy atom. The van der Waals surface area contributed by atoms with Gasteiger partial charge in [-0.15, -0.1) is 5.10 Å². The predicted octanol–water partition coefficient (Wildman–Crippen LogP) is 3.02. The van der Waals surface area contributed by atoms with E-state index in [4.69, 9.17) is 0 Å². The van der Waals surface area contributed by atoms with Gasteiger partial charge in [-0.3, -0.25) is 14.2 Å². The minimum Gasteiger partial charge on any atom is -0.336 e. The van der Waals surface area contributed by atoms with Crippen molar-refractivity contribution in [1.29, 1.82) is 0 Å². The number of rotatable bonds is 9. The van der Waals surface area contributed by atoms with Gasteiger partial charge in [0.2, 0.25) is 11.8 Å². The topological polar surface area (TPSA) is 100 Å². The zero-order chi connectivity index (χ0) is 24.7. The number of aryl methyl sites for hydroxylation is 1. The molecule has 0 unspecified atom stereocenters. The summed E-state index contributed by atoms with van der Waals surface area (Å²) in [4.78, 5) is 37.8. The molecule has 0 bridgehead atoms. The Labute approximate surface area is 197 Å². The number of alkyl halides is 3. The number of thioether (sulfide) groups is 1. The van der Waals surface area contributed by atoms with E-state index < -0.39 is 35.8 Å². The number of para-hydroxylation sites is 1. The van der Waals surface area contributed by atoms with E-state index in [0.717, 1.165) is 34.4 Å². The molecule has 0 aliphatic carbocycles. The van der Waals surface area contributed by atoms with Crippen molar-refractivity contribution >= 4 is 29.3 Å². The lowest BCUT2D eigenvalue weighted by Gasteiger charge is -2.18. The lowest BCUT2D eigenvalue weighted by molar-refractivity contribution is -0.137. The van der Waals surface area contributed by atoms with Crippen molar-refractivity contribution in [3.8, 4) is 0 Å². The lowest BCUT2D eigenvalue weighted by atomic mass is 10.1. The summed E-state index contributed by atoms with van der Waals surface area (Å²) in [6, 6.07) is 14.2. The van der Waals surface area contributed by atoms with Gasteiger partial charge in [0.25, 0.3) is 0 Å². The van der Waals surface area contributed by atoms with E-state index in [1.807, 2.05) is 30.3 Å². The summed E-state index contributed by atoms with van der Waals surface area (Å²) < 4.78 is 40.7. The zero-order valence-corrected chi connectivity index (χ0v) is 18.9. The van der Waals surface area contributed by atoms with Gasteiger partial charge in [-0.2, -0.15) is 13.2 Å². The highest BCUT2D eigenvalue weighted by atomic mass is 32.2. The molecule has 0 atom stereocenters. The van der Waals surface area contributed by atoms with Crippen LogP contribution in [0.15, 0.2) is 64.5 Å². The molecular weight excluding hydrogens is 471 g/mol. The fourth-order valence-electron chi connectivity index (χ4n) is 3.07. The second-order valence-electron chi connectivity index (χ2n) is 7.33. The predicted molar refractivity (Wildman–Crippen MR) is 121 cm³/mol. The Balaban J connectivity index is 1.54. The van der Waals surface area contributed by atoms with Crippen molar-refractivity contribution in [2.45, 2.75) is 24.3 Å². The van der Waals surface area contributed by atoms with Crippen molar-refractivity contribution in [1.82, 2.24) is 19.7 Å². The number of aromatic amines is 1. The lowest BCUT2D eigenvalue weighted by Crippen LogP contribution is -2.36. The van der Waals surface area contributed by atoms with Crippen LogP contribution in [0.2, 0.25) is 0 Å². The maximum absolute atomic E-state index is 13.1. The van der Waals surface area contributed by atoms with Crippen LogP contribution in [0.1, 0.15) is 11.1 Å². The number of carbonyl (C=O) groups excluding carboxylic acids is 2. The van der Waals surface area contributed by atoms with E-state index in [1.54, 1.807) is 0 Å². The van der Waals surface area contributed by atoms with Crippen LogP contribution in [-0.2, 0) is 28.7 Å². The van der Waals surface area contributed by atoms with Crippen molar-refractivity contribution in [3.63, 3.8) is 0 Å². The van der Waals surface area contributed by atoms with Crippen LogP contribution >= 0.6 is 11.8 Å². The number of nitrogens with one attached hydrogen (secondary N) is 2. The Kier molecular flexibility index (Phi) is 8.16. The van der Waals surface area contributed by atoms with Gasteiger partial charge in [0, 0.05) is 13.6 Å². The molecule has 12 heteroatoms. The summed E-state index contributed by atoms with van der Waals surface area (Å²) in [6.07, 6.45) is -4.02. The number of amides is 2. The Hall–Kier alpha value is -3.54. The molecule has 180 valence electrons. The second-order valence-corrected chi connectivity index (χ2v) is 8.27. The van der Waals surface area contributed by atoms with E-state index in [0.29, 0.717) is 18.1 Å².